The first kappa shape index (κ1) is 18.5. The molecule has 1 aliphatic heterocycles. The number of pyridine rings is 1. The van der Waals surface area contributed by atoms with Crippen LogP contribution in [0.4, 0.5) is 5.82 Å². The van der Waals surface area contributed by atoms with Gasteiger partial charge in [-0.05, 0) is 57.0 Å². The maximum absolute atomic E-state index is 11.5. The Kier molecular flexibility index (Phi) is 6.72. The minimum absolute atomic E-state index is 0.0190. The van der Waals surface area contributed by atoms with E-state index >= 15 is 0 Å². The topological polar surface area (TPSA) is 57.4 Å². The van der Waals surface area contributed by atoms with Crippen molar-refractivity contribution in [2.45, 2.75) is 39.2 Å². The predicted molar refractivity (Wildman–Crippen MR) is 106 cm³/mol. The lowest BCUT2D eigenvalue weighted by Crippen LogP contribution is -2.29. The number of likely N-dealkylation sites (tertiary alicyclic amines) is 1. The average Bonchev–Trinajstić information content (AvgIpc) is 2.62. The summed E-state index contributed by atoms with van der Waals surface area (Å²) in [6.45, 7) is 6.71. The Balaban J connectivity index is 1.40. The van der Waals surface area contributed by atoms with Gasteiger partial charge in [0.15, 0.2) is 5.43 Å². The molecule has 1 aromatic carbocycles. The van der Waals surface area contributed by atoms with E-state index in [1.54, 1.807) is 12.1 Å². The highest BCUT2D eigenvalue weighted by Gasteiger charge is 2.10. The summed E-state index contributed by atoms with van der Waals surface area (Å²) < 4.78 is 5.89. The fourth-order valence-electron chi connectivity index (χ4n) is 3.37. The number of piperidine rings is 1. The Morgan fingerprint density at radius 1 is 1.15 bits per heavy atom. The lowest BCUT2D eigenvalue weighted by molar-refractivity contribution is 0.220. The van der Waals surface area contributed by atoms with Crippen LogP contribution < -0.4 is 15.5 Å². The third kappa shape index (κ3) is 5.92. The Hall–Kier alpha value is -2.27. The van der Waals surface area contributed by atoms with Crippen molar-refractivity contribution < 1.29 is 4.74 Å². The van der Waals surface area contributed by atoms with E-state index in [4.69, 9.17) is 4.74 Å². The lowest BCUT2D eigenvalue weighted by Gasteiger charge is -2.26. The summed E-state index contributed by atoms with van der Waals surface area (Å²) in [7, 11) is 0. The van der Waals surface area contributed by atoms with Crippen LogP contribution in [0.2, 0.25) is 0 Å². The highest BCUT2D eigenvalue weighted by molar-refractivity contribution is 5.35. The molecule has 5 nitrogen and oxygen atoms in total. The van der Waals surface area contributed by atoms with Crippen LogP contribution in [0.15, 0.2) is 41.2 Å². The van der Waals surface area contributed by atoms with Gasteiger partial charge in [0.2, 0.25) is 0 Å². The molecule has 0 bridgehead atoms. The Morgan fingerprint density at radius 3 is 2.81 bits per heavy atom. The van der Waals surface area contributed by atoms with Crippen molar-refractivity contribution in [2.75, 3.05) is 31.6 Å². The van der Waals surface area contributed by atoms with Crippen LogP contribution in [0, 0.1) is 6.92 Å². The largest absolute Gasteiger partial charge is 0.494 e. The van der Waals surface area contributed by atoms with E-state index in [9.17, 15) is 4.79 Å². The van der Waals surface area contributed by atoms with Gasteiger partial charge in [0.25, 0.3) is 0 Å². The van der Waals surface area contributed by atoms with Gasteiger partial charge in [0, 0.05) is 30.9 Å². The molecule has 0 spiro atoms. The SMILES string of the molecule is Cc1cc(=O)cc(NCCCOc2cccc(CN3CCCCC3)c2)[nH]1. The third-order valence-corrected chi connectivity index (χ3v) is 4.64. The van der Waals surface area contributed by atoms with Crippen LogP contribution in [0.25, 0.3) is 0 Å². The molecular weight excluding hydrogens is 326 g/mol. The van der Waals surface area contributed by atoms with Gasteiger partial charge in [0.1, 0.15) is 11.6 Å². The summed E-state index contributed by atoms with van der Waals surface area (Å²) in [5.74, 6) is 1.70. The summed E-state index contributed by atoms with van der Waals surface area (Å²) in [6, 6.07) is 11.6. The summed E-state index contributed by atoms with van der Waals surface area (Å²) in [6.07, 6.45) is 4.86. The van der Waals surface area contributed by atoms with Gasteiger partial charge in [-0.25, -0.2) is 0 Å². The number of aromatic amines is 1. The van der Waals surface area contributed by atoms with Crippen LogP contribution in [0.3, 0.4) is 0 Å². The van der Waals surface area contributed by atoms with Crippen molar-refractivity contribution in [2.24, 2.45) is 0 Å². The smallest absolute Gasteiger partial charge is 0.183 e. The third-order valence-electron chi connectivity index (χ3n) is 4.64. The number of aromatic nitrogens is 1. The van der Waals surface area contributed by atoms with E-state index in [2.05, 4.69) is 33.4 Å². The molecule has 0 aliphatic carbocycles. The first-order chi connectivity index (χ1) is 12.7. The Bertz CT molecular complexity index is 751. The molecule has 0 unspecified atom stereocenters. The zero-order chi connectivity index (χ0) is 18.2. The predicted octanol–water partition coefficient (Wildman–Crippen LogP) is 3.55. The number of rotatable bonds is 8. The van der Waals surface area contributed by atoms with Crippen LogP contribution in [0.5, 0.6) is 5.75 Å². The zero-order valence-electron chi connectivity index (χ0n) is 15.6. The normalized spacial score (nSPS) is 15.0. The van der Waals surface area contributed by atoms with Gasteiger partial charge in [-0.1, -0.05) is 18.6 Å². The Morgan fingerprint density at radius 2 is 2.00 bits per heavy atom. The molecule has 1 saturated heterocycles. The molecule has 0 amide bonds. The monoisotopic (exact) mass is 355 g/mol. The van der Waals surface area contributed by atoms with Crippen molar-refractivity contribution in [3.05, 3.63) is 57.9 Å². The molecule has 3 rings (SSSR count). The Labute approximate surface area is 155 Å². The van der Waals surface area contributed by atoms with Crippen LogP contribution in [-0.4, -0.2) is 36.1 Å². The second-order valence-electron chi connectivity index (χ2n) is 7.03. The van der Waals surface area contributed by atoms with E-state index in [0.29, 0.717) is 6.61 Å². The number of aryl methyl sites for hydroxylation is 1. The van der Waals surface area contributed by atoms with E-state index < -0.39 is 0 Å². The molecule has 2 heterocycles. The molecule has 0 saturated carbocycles. The molecule has 2 aromatic rings. The van der Waals surface area contributed by atoms with Crippen molar-refractivity contribution >= 4 is 5.82 Å². The fraction of sp³-hybridized carbons (Fsp3) is 0.476. The van der Waals surface area contributed by atoms with Gasteiger partial charge in [-0.15, -0.1) is 0 Å². The molecule has 26 heavy (non-hydrogen) atoms. The van der Waals surface area contributed by atoms with Crippen molar-refractivity contribution in [3.8, 4) is 5.75 Å². The summed E-state index contributed by atoms with van der Waals surface area (Å²) >= 11 is 0. The summed E-state index contributed by atoms with van der Waals surface area (Å²) in [4.78, 5) is 17.1. The molecule has 1 aromatic heterocycles. The van der Waals surface area contributed by atoms with Gasteiger partial charge in [-0.2, -0.15) is 0 Å². The number of hydrogen-bond acceptors (Lipinski definition) is 4. The molecule has 0 radical (unpaired) electrons. The number of benzene rings is 1. The standard InChI is InChI=1S/C21H29N3O2/c1-17-13-19(25)15-21(23-17)22-9-6-12-26-20-8-5-7-18(14-20)16-24-10-3-2-4-11-24/h5,7-8,13-15H,2-4,6,9-12,16H2,1H3,(H2,22,23,25). The fourth-order valence-corrected chi connectivity index (χ4v) is 3.37. The first-order valence-electron chi connectivity index (χ1n) is 9.58. The number of nitrogens with one attached hydrogen (secondary N) is 2. The van der Waals surface area contributed by atoms with E-state index in [1.165, 1.54) is 37.9 Å². The van der Waals surface area contributed by atoms with Crippen molar-refractivity contribution in [3.63, 3.8) is 0 Å². The van der Waals surface area contributed by atoms with E-state index in [1.807, 2.05) is 13.0 Å². The van der Waals surface area contributed by atoms with Gasteiger partial charge < -0.3 is 15.0 Å². The highest BCUT2D eigenvalue weighted by Crippen LogP contribution is 2.17. The van der Waals surface area contributed by atoms with Crippen LogP contribution in [0.1, 0.15) is 36.9 Å². The molecular formula is C21H29N3O2. The van der Waals surface area contributed by atoms with Gasteiger partial charge in [0.05, 0.1) is 6.61 Å². The molecule has 5 heteroatoms. The molecule has 2 N–H and O–H groups in total. The minimum Gasteiger partial charge on any atom is -0.494 e. The second kappa shape index (κ2) is 9.43. The van der Waals surface area contributed by atoms with Crippen molar-refractivity contribution in [1.29, 1.82) is 0 Å². The maximum atomic E-state index is 11.5. The van der Waals surface area contributed by atoms with E-state index in [-0.39, 0.29) is 5.43 Å². The number of anilines is 1. The molecule has 0 atom stereocenters. The molecule has 1 fully saturated rings. The van der Waals surface area contributed by atoms with Crippen LogP contribution in [-0.2, 0) is 6.54 Å². The average molecular weight is 355 g/mol. The number of ether oxygens (including phenoxy) is 1. The van der Waals surface area contributed by atoms with Crippen molar-refractivity contribution in [1.82, 2.24) is 9.88 Å². The zero-order valence-corrected chi connectivity index (χ0v) is 15.6. The van der Waals surface area contributed by atoms with Gasteiger partial charge in [-0.3, -0.25) is 9.69 Å². The highest BCUT2D eigenvalue weighted by atomic mass is 16.5. The lowest BCUT2D eigenvalue weighted by atomic mass is 10.1. The van der Waals surface area contributed by atoms with Gasteiger partial charge >= 0.3 is 0 Å². The molecule has 1 aliphatic rings. The number of H-pyrrole nitrogens is 1. The first-order valence-corrected chi connectivity index (χ1v) is 9.58. The summed E-state index contributed by atoms with van der Waals surface area (Å²) in [5.41, 5.74) is 2.20. The maximum Gasteiger partial charge on any atom is 0.183 e. The summed E-state index contributed by atoms with van der Waals surface area (Å²) in [5, 5.41) is 3.24. The minimum atomic E-state index is 0.0190. The second-order valence-corrected chi connectivity index (χ2v) is 7.03. The van der Waals surface area contributed by atoms with Crippen LogP contribution >= 0.6 is 0 Å². The number of hydrogen-bond donors (Lipinski definition) is 2. The molecule has 140 valence electrons. The quantitative estimate of drug-likeness (QED) is 0.711. The number of nitrogens with zero attached hydrogens (tertiary/aromatic N) is 1. The van der Waals surface area contributed by atoms with E-state index in [0.717, 1.165) is 36.8 Å².